The molecule has 2 amide bonds. The van der Waals surface area contributed by atoms with Crippen molar-refractivity contribution in [2.24, 2.45) is 0 Å². The highest BCUT2D eigenvalue weighted by Crippen LogP contribution is 2.20. The molecule has 1 atom stereocenters. The number of hydrogen-bond donors (Lipinski definition) is 2. The van der Waals surface area contributed by atoms with Crippen LogP contribution in [0.25, 0.3) is 0 Å². The predicted octanol–water partition coefficient (Wildman–Crippen LogP) is 1.32. The Bertz CT molecular complexity index is 607. The molecule has 1 aromatic rings. The molecule has 0 spiro atoms. The number of rotatable bonds is 5. The molecule has 23 heavy (non-hydrogen) atoms. The van der Waals surface area contributed by atoms with E-state index >= 15 is 0 Å². The normalized spacial score (nSPS) is 11.1. The van der Waals surface area contributed by atoms with Gasteiger partial charge in [0.25, 0.3) is 0 Å². The Balaban J connectivity index is 3.07. The lowest BCUT2D eigenvalue weighted by molar-refractivity contribution is -0.149. The topological polar surface area (TPSA) is 111 Å². The van der Waals surface area contributed by atoms with Gasteiger partial charge >= 0.3 is 11.9 Å². The van der Waals surface area contributed by atoms with Gasteiger partial charge in [0.1, 0.15) is 0 Å². The third-order valence-corrected chi connectivity index (χ3v) is 2.63. The van der Waals surface area contributed by atoms with Crippen molar-refractivity contribution in [1.29, 1.82) is 0 Å². The SMILES string of the molecule is COC(=O)C(C)OC(=O)c1cc(NC(C)=O)cc(NC(C)=O)c1. The number of carbonyl (C=O) groups excluding carboxylic acids is 4. The van der Waals surface area contributed by atoms with Crippen LogP contribution in [0.3, 0.4) is 0 Å². The standard InChI is InChI=1S/C15H18N2O6/c1-8(14(20)22-4)23-15(21)11-5-12(16-9(2)18)7-13(6-11)17-10(3)19/h5-8H,1-4H3,(H,16,18)(H,17,19). The Kier molecular flexibility index (Phi) is 6.25. The molecule has 0 bridgehead atoms. The van der Waals surface area contributed by atoms with Gasteiger partial charge in [0, 0.05) is 25.2 Å². The summed E-state index contributed by atoms with van der Waals surface area (Å²) in [5.74, 6) is -2.17. The maximum atomic E-state index is 12.1. The zero-order chi connectivity index (χ0) is 17.6. The quantitative estimate of drug-likeness (QED) is 0.791. The van der Waals surface area contributed by atoms with Crippen LogP contribution in [0.5, 0.6) is 0 Å². The number of esters is 2. The molecule has 124 valence electrons. The van der Waals surface area contributed by atoms with Crippen molar-refractivity contribution < 1.29 is 28.7 Å². The van der Waals surface area contributed by atoms with E-state index < -0.39 is 18.0 Å². The van der Waals surface area contributed by atoms with Gasteiger partial charge in [-0.2, -0.15) is 0 Å². The summed E-state index contributed by atoms with van der Waals surface area (Å²) in [5, 5.41) is 5.02. The van der Waals surface area contributed by atoms with Gasteiger partial charge in [0.2, 0.25) is 11.8 Å². The van der Waals surface area contributed by atoms with Crippen molar-refractivity contribution in [2.75, 3.05) is 17.7 Å². The molecule has 1 aromatic carbocycles. The number of carbonyl (C=O) groups is 4. The van der Waals surface area contributed by atoms with Crippen molar-refractivity contribution in [3.63, 3.8) is 0 Å². The Labute approximate surface area is 133 Å². The molecule has 8 heteroatoms. The van der Waals surface area contributed by atoms with E-state index in [9.17, 15) is 19.2 Å². The fourth-order valence-corrected chi connectivity index (χ4v) is 1.74. The molecule has 0 aliphatic carbocycles. The second kappa shape index (κ2) is 7.92. The van der Waals surface area contributed by atoms with Crippen molar-refractivity contribution in [3.05, 3.63) is 23.8 Å². The second-order valence-electron chi connectivity index (χ2n) is 4.73. The van der Waals surface area contributed by atoms with Gasteiger partial charge in [0.05, 0.1) is 12.7 Å². The minimum atomic E-state index is -1.08. The lowest BCUT2D eigenvalue weighted by Gasteiger charge is -2.13. The van der Waals surface area contributed by atoms with Gasteiger partial charge in [-0.15, -0.1) is 0 Å². The fourth-order valence-electron chi connectivity index (χ4n) is 1.74. The Morgan fingerprint density at radius 2 is 1.43 bits per heavy atom. The Morgan fingerprint density at radius 3 is 1.83 bits per heavy atom. The van der Waals surface area contributed by atoms with Gasteiger partial charge in [-0.1, -0.05) is 0 Å². The molecule has 0 saturated carbocycles. The van der Waals surface area contributed by atoms with Crippen LogP contribution in [0.2, 0.25) is 0 Å². The van der Waals surface area contributed by atoms with Crippen LogP contribution in [0, 0.1) is 0 Å². The number of benzene rings is 1. The predicted molar refractivity (Wildman–Crippen MR) is 81.9 cm³/mol. The van der Waals surface area contributed by atoms with E-state index in [4.69, 9.17) is 4.74 Å². The van der Waals surface area contributed by atoms with Crippen molar-refractivity contribution in [3.8, 4) is 0 Å². The summed E-state index contributed by atoms with van der Waals surface area (Å²) in [7, 11) is 1.18. The highest BCUT2D eigenvalue weighted by atomic mass is 16.6. The summed E-state index contributed by atoms with van der Waals surface area (Å²) in [6.45, 7) is 3.99. The molecule has 0 saturated heterocycles. The number of nitrogens with one attached hydrogen (secondary N) is 2. The molecule has 0 radical (unpaired) electrons. The largest absolute Gasteiger partial charge is 0.466 e. The van der Waals surface area contributed by atoms with E-state index in [1.54, 1.807) is 0 Å². The number of hydrogen-bond acceptors (Lipinski definition) is 6. The maximum Gasteiger partial charge on any atom is 0.346 e. The van der Waals surface area contributed by atoms with Gasteiger partial charge in [-0.25, -0.2) is 9.59 Å². The molecule has 0 fully saturated rings. The number of ether oxygens (including phenoxy) is 2. The first-order valence-electron chi connectivity index (χ1n) is 6.72. The van der Waals surface area contributed by atoms with Crippen molar-refractivity contribution in [2.45, 2.75) is 26.9 Å². The first-order valence-corrected chi connectivity index (χ1v) is 6.72. The molecular formula is C15H18N2O6. The molecule has 1 unspecified atom stereocenters. The van der Waals surface area contributed by atoms with Gasteiger partial charge in [0.15, 0.2) is 6.10 Å². The zero-order valence-electron chi connectivity index (χ0n) is 13.3. The summed E-state index contributed by atoms with van der Waals surface area (Å²) in [5.41, 5.74) is 0.679. The minimum Gasteiger partial charge on any atom is -0.466 e. The van der Waals surface area contributed by atoms with E-state index in [0.29, 0.717) is 11.4 Å². The molecule has 8 nitrogen and oxygen atoms in total. The summed E-state index contributed by atoms with van der Waals surface area (Å²) in [6, 6.07) is 4.24. The highest BCUT2D eigenvalue weighted by molar-refractivity contribution is 5.98. The molecule has 0 aromatic heterocycles. The number of anilines is 2. The molecule has 1 rings (SSSR count). The second-order valence-corrected chi connectivity index (χ2v) is 4.73. The van der Waals surface area contributed by atoms with Crippen LogP contribution < -0.4 is 10.6 Å². The number of amides is 2. The highest BCUT2D eigenvalue weighted by Gasteiger charge is 2.20. The van der Waals surface area contributed by atoms with Crippen LogP contribution >= 0.6 is 0 Å². The molecule has 2 N–H and O–H groups in total. The summed E-state index contributed by atoms with van der Waals surface area (Å²) < 4.78 is 9.44. The number of methoxy groups -OCH3 is 1. The van der Waals surface area contributed by atoms with Crippen LogP contribution in [-0.2, 0) is 23.9 Å². The Hall–Kier alpha value is -2.90. The average molecular weight is 322 g/mol. The van der Waals surface area contributed by atoms with E-state index in [2.05, 4.69) is 15.4 Å². The van der Waals surface area contributed by atoms with Crippen molar-refractivity contribution in [1.82, 2.24) is 0 Å². The fraction of sp³-hybridized carbons (Fsp3) is 0.333. The van der Waals surface area contributed by atoms with Crippen LogP contribution in [0.1, 0.15) is 31.1 Å². The summed E-state index contributed by atoms with van der Waals surface area (Å²) >= 11 is 0. The Morgan fingerprint density at radius 1 is 0.957 bits per heavy atom. The van der Waals surface area contributed by atoms with Gasteiger partial charge in [-0.3, -0.25) is 9.59 Å². The average Bonchev–Trinajstić information content (AvgIpc) is 2.44. The monoisotopic (exact) mass is 322 g/mol. The summed E-state index contributed by atoms with van der Waals surface area (Å²) in [4.78, 5) is 45.7. The summed E-state index contributed by atoms with van der Waals surface area (Å²) in [6.07, 6.45) is -1.08. The minimum absolute atomic E-state index is 0.0655. The third-order valence-electron chi connectivity index (χ3n) is 2.63. The van der Waals surface area contributed by atoms with E-state index in [1.807, 2.05) is 0 Å². The smallest absolute Gasteiger partial charge is 0.346 e. The lowest BCUT2D eigenvalue weighted by Crippen LogP contribution is -2.25. The van der Waals surface area contributed by atoms with E-state index in [0.717, 1.165) is 0 Å². The van der Waals surface area contributed by atoms with E-state index in [-0.39, 0.29) is 17.4 Å². The van der Waals surface area contributed by atoms with Crippen LogP contribution in [-0.4, -0.2) is 37.0 Å². The molecule has 0 heterocycles. The third kappa shape index (κ3) is 5.77. The van der Waals surface area contributed by atoms with Crippen molar-refractivity contribution >= 4 is 35.1 Å². The molecular weight excluding hydrogens is 304 g/mol. The van der Waals surface area contributed by atoms with Gasteiger partial charge in [-0.05, 0) is 25.1 Å². The van der Waals surface area contributed by atoms with Crippen LogP contribution in [0.4, 0.5) is 11.4 Å². The lowest BCUT2D eigenvalue weighted by atomic mass is 10.1. The molecule has 0 aliphatic rings. The van der Waals surface area contributed by atoms with E-state index in [1.165, 1.54) is 46.1 Å². The first kappa shape index (κ1) is 18.1. The first-order chi connectivity index (χ1) is 10.7. The van der Waals surface area contributed by atoms with Crippen LogP contribution in [0.15, 0.2) is 18.2 Å². The molecule has 0 aliphatic heterocycles. The van der Waals surface area contributed by atoms with Gasteiger partial charge < -0.3 is 20.1 Å². The zero-order valence-corrected chi connectivity index (χ0v) is 13.3. The maximum absolute atomic E-state index is 12.1.